The summed E-state index contributed by atoms with van der Waals surface area (Å²) in [4.78, 5) is 8.75. The SMILES string of the molecule is CN1CCN(S(=O)(=O)N2CCN(Cc3noc(-c4ccsc4)n3)CC2)CC1. The van der Waals surface area contributed by atoms with Crippen LogP contribution in [0.1, 0.15) is 5.82 Å². The monoisotopic (exact) mass is 412 g/mol. The fourth-order valence-corrected chi connectivity index (χ4v) is 5.53. The highest BCUT2D eigenvalue weighted by Gasteiger charge is 2.33. The largest absolute Gasteiger partial charge is 0.334 e. The summed E-state index contributed by atoms with van der Waals surface area (Å²) in [6, 6.07) is 1.95. The highest BCUT2D eigenvalue weighted by molar-refractivity contribution is 7.86. The van der Waals surface area contributed by atoms with Crippen molar-refractivity contribution in [3.05, 3.63) is 22.7 Å². The molecule has 9 nitrogen and oxygen atoms in total. The van der Waals surface area contributed by atoms with Crippen molar-refractivity contribution >= 4 is 21.5 Å². The second-order valence-corrected chi connectivity index (χ2v) is 9.62. The topological polar surface area (TPSA) is 86.0 Å². The molecule has 2 aromatic heterocycles. The van der Waals surface area contributed by atoms with Gasteiger partial charge in [-0.1, -0.05) is 5.16 Å². The van der Waals surface area contributed by atoms with Gasteiger partial charge in [0.1, 0.15) is 0 Å². The second-order valence-electron chi connectivity index (χ2n) is 6.91. The van der Waals surface area contributed by atoms with E-state index in [9.17, 15) is 8.42 Å². The first-order valence-corrected chi connectivity index (χ1v) is 11.4. The van der Waals surface area contributed by atoms with Crippen LogP contribution in [0.15, 0.2) is 21.3 Å². The molecule has 0 amide bonds. The van der Waals surface area contributed by atoms with E-state index in [1.54, 1.807) is 19.9 Å². The summed E-state index contributed by atoms with van der Waals surface area (Å²) < 4.78 is 34.2. The first-order valence-electron chi connectivity index (χ1n) is 9.03. The average Bonchev–Trinajstić information content (AvgIpc) is 3.34. The van der Waals surface area contributed by atoms with E-state index >= 15 is 0 Å². The van der Waals surface area contributed by atoms with E-state index in [4.69, 9.17) is 4.52 Å². The van der Waals surface area contributed by atoms with Gasteiger partial charge in [-0.05, 0) is 18.5 Å². The summed E-state index contributed by atoms with van der Waals surface area (Å²) in [5, 5.41) is 7.99. The summed E-state index contributed by atoms with van der Waals surface area (Å²) in [7, 11) is -1.35. The number of rotatable bonds is 5. The zero-order valence-corrected chi connectivity index (χ0v) is 17.0. The molecule has 11 heteroatoms. The third kappa shape index (κ3) is 4.23. The quantitative estimate of drug-likeness (QED) is 0.703. The minimum absolute atomic E-state index is 0.490. The van der Waals surface area contributed by atoms with Crippen molar-refractivity contribution in [2.24, 2.45) is 0 Å². The molecule has 4 heterocycles. The molecule has 0 radical (unpaired) electrons. The summed E-state index contributed by atoms with van der Waals surface area (Å²) in [5.74, 6) is 1.16. The summed E-state index contributed by atoms with van der Waals surface area (Å²) >= 11 is 1.59. The number of piperazine rings is 2. The smallest absolute Gasteiger partial charge is 0.282 e. The second kappa shape index (κ2) is 7.94. The van der Waals surface area contributed by atoms with Gasteiger partial charge in [-0.3, -0.25) is 4.90 Å². The van der Waals surface area contributed by atoms with Gasteiger partial charge < -0.3 is 9.42 Å². The van der Waals surface area contributed by atoms with Crippen LogP contribution in [0, 0.1) is 0 Å². The molecular formula is C16H24N6O3S2. The van der Waals surface area contributed by atoms with E-state index in [0.29, 0.717) is 57.5 Å². The Morgan fingerprint density at radius 3 is 2.37 bits per heavy atom. The molecule has 0 aromatic carbocycles. The molecule has 0 atom stereocenters. The zero-order valence-electron chi connectivity index (χ0n) is 15.3. The van der Waals surface area contributed by atoms with Gasteiger partial charge in [-0.2, -0.15) is 33.3 Å². The molecule has 2 fully saturated rings. The van der Waals surface area contributed by atoms with E-state index in [2.05, 4.69) is 19.9 Å². The number of likely N-dealkylation sites (N-methyl/N-ethyl adjacent to an activating group) is 1. The fourth-order valence-electron chi connectivity index (χ4n) is 3.32. The first kappa shape index (κ1) is 19.0. The summed E-state index contributed by atoms with van der Waals surface area (Å²) in [6.07, 6.45) is 0. The predicted molar refractivity (Wildman–Crippen MR) is 102 cm³/mol. The molecule has 27 heavy (non-hydrogen) atoms. The summed E-state index contributed by atoms with van der Waals surface area (Å²) in [6.45, 7) is 5.56. The molecule has 148 valence electrons. The van der Waals surface area contributed by atoms with Gasteiger partial charge in [0.05, 0.1) is 12.1 Å². The number of nitrogens with zero attached hydrogens (tertiary/aromatic N) is 6. The van der Waals surface area contributed by atoms with Gasteiger partial charge in [-0.15, -0.1) is 0 Å². The normalized spacial score (nSPS) is 21.7. The lowest BCUT2D eigenvalue weighted by atomic mass is 10.3. The molecule has 0 N–H and O–H groups in total. The number of hydrogen-bond acceptors (Lipinski definition) is 8. The van der Waals surface area contributed by atoms with Crippen molar-refractivity contribution < 1.29 is 12.9 Å². The molecule has 2 aliphatic rings. The molecule has 2 saturated heterocycles. The van der Waals surface area contributed by atoms with Crippen molar-refractivity contribution in [3.63, 3.8) is 0 Å². The Balaban J connectivity index is 1.31. The summed E-state index contributed by atoms with van der Waals surface area (Å²) in [5.41, 5.74) is 0.932. The Bertz CT molecular complexity index is 837. The maximum atomic E-state index is 12.8. The van der Waals surface area contributed by atoms with Gasteiger partial charge in [-0.25, -0.2) is 0 Å². The molecule has 2 aliphatic heterocycles. The van der Waals surface area contributed by atoms with Gasteiger partial charge >= 0.3 is 0 Å². The van der Waals surface area contributed by atoms with Crippen molar-refractivity contribution in [1.82, 2.24) is 28.6 Å². The van der Waals surface area contributed by atoms with Crippen LogP contribution >= 0.6 is 11.3 Å². The molecule has 0 saturated carbocycles. The Morgan fingerprint density at radius 1 is 1.07 bits per heavy atom. The van der Waals surface area contributed by atoms with Crippen molar-refractivity contribution in [2.75, 3.05) is 59.4 Å². The fraction of sp³-hybridized carbons (Fsp3) is 0.625. The minimum atomic E-state index is -3.37. The third-order valence-electron chi connectivity index (χ3n) is 5.05. The highest BCUT2D eigenvalue weighted by atomic mass is 32.2. The van der Waals surface area contributed by atoms with Crippen LogP contribution in [-0.4, -0.2) is 96.4 Å². The van der Waals surface area contributed by atoms with Gasteiger partial charge in [0.15, 0.2) is 5.82 Å². The standard InChI is InChI=1S/C16H24N6O3S2/c1-19-3-7-21(8-4-19)27(23,24)22-9-5-20(6-10-22)12-15-17-16(25-18-15)14-2-11-26-13-14/h2,11,13H,3-10,12H2,1H3. The molecule has 4 rings (SSSR count). The minimum Gasteiger partial charge on any atom is -0.334 e. The van der Waals surface area contributed by atoms with Crippen LogP contribution < -0.4 is 0 Å². The first-order chi connectivity index (χ1) is 13.0. The molecule has 0 unspecified atom stereocenters. The Labute approximate surface area is 163 Å². The van der Waals surface area contributed by atoms with E-state index in [0.717, 1.165) is 18.7 Å². The van der Waals surface area contributed by atoms with Crippen molar-refractivity contribution in [3.8, 4) is 11.5 Å². The van der Waals surface area contributed by atoms with Crippen LogP contribution in [0.3, 0.4) is 0 Å². The van der Waals surface area contributed by atoms with E-state index in [1.165, 1.54) is 0 Å². The molecular weight excluding hydrogens is 388 g/mol. The Hall–Kier alpha value is -1.37. The van der Waals surface area contributed by atoms with E-state index < -0.39 is 10.2 Å². The lowest BCUT2D eigenvalue weighted by molar-refractivity contribution is 0.161. The van der Waals surface area contributed by atoms with Gasteiger partial charge in [0.2, 0.25) is 0 Å². The van der Waals surface area contributed by atoms with Crippen molar-refractivity contribution in [1.29, 1.82) is 0 Å². The number of hydrogen-bond donors (Lipinski definition) is 0. The third-order valence-corrected chi connectivity index (χ3v) is 7.77. The lowest BCUT2D eigenvalue weighted by Crippen LogP contribution is -2.56. The average molecular weight is 413 g/mol. The van der Waals surface area contributed by atoms with Gasteiger partial charge in [0, 0.05) is 57.7 Å². The molecule has 0 aliphatic carbocycles. The van der Waals surface area contributed by atoms with Crippen LogP contribution in [-0.2, 0) is 16.8 Å². The van der Waals surface area contributed by atoms with E-state index in [-0.39, 0.29) is 0 Å². The lowest BCUT2D eigenvalue weighted by Gasteiger charge is -2.38. The molecule has 0 spiro atoms. The Kier molecular flexibility index (Phi) is 5.58. The van der Waals surface area contributed by atoms with Gasteiger partial charge in [0.25, 0.3) is 16.1 Å². The number of aromatic nitrogens is 2. The maximum absolute atomic E-state index is 12.8. The molecule has 2 aromatic rings. The van der Waals surface area contributed by atoms with Crippen LogP contribution in [0.25, 0.3) is 11.5 Å². The predicted octanol–water partition coefficient (Wildman–Crippen LogP) is 0.408. The van der Waals surface area contributed by atoms with Crippen LogP contribution in [0.5, 0.6) is 0 Å². The maximum Gasteiger partial charge on any atom is 0.282 e. The van der Waals surface area contributed by atoms with E-state index in [1.807, 2.05) is 23.9 Å². The van der Waals surface area contributed by atoms with Crippen LogP contribution in [0.4, 0.5) is 0 Å². The molecule has 0 bridgehead atoms. The Morgan fingerprint density at radius 2 is 1.74 bits per heavy atom. The van der Waals surface area contributed by atoms with Crippen molar-refractivity contribution in [2.45, 2.75) is 6.54 Å². The van der Waals surface area contributed by atoms with Crippen LogP contribution in [0.2, 0.25) is 0 Å². The highest BCUT2D eigenvalue weighted by Crippen LogP contribution is 2.21. The number of thiophene rings is 1. The zero-order chi connectivity index (χ0) is 18.9.